The van der Waals surface area contributed by atoms with Crippen LogP contribution in [0.15, 0.2) is 28.9 Å². The fraction of sp³-hybridized carbons (Fsp3) is 0.167. The minimum absolute atomic E-state index is 0.517. The van der Waals surface area contributed by atoms with Crippen LogP contribution in [0.2, 0.25) is 0 Å². The number of oxazole rings is 1. The van der Waals surface area contributed by atoms with Crippen LogP contribution in [0, 0.1) is 13.8 Å². The molecule has 2 aromatic heterocycles. The average molecular weight is 228 g/mol. The third-order valence-electron chi connectivity index (χ3n) is 2.86. The highest BCUT2D eigenvalue weighted by atomic mass is 16.4. The van der Waals surface area contributed by atoms with Gasteiger partial charge in [-0.15, -0.1) is 0 Å². The molecule has 3 aromatic rings. The van der Waals surface area contributed by atoms with Crippen LogP contribution >= 0.6 is 0 Å². The van der Waals surface area contributed by atoms with Crippen molar-refractivity contribution in [3.05, 3.63) is 35.9 Å². The van der Waals surface area contributed by atoms with Gasteiger partial charge in [0.15, 0.2) is 5.58 Å². The van der Waals surface area contributed by atoms with Crippen molar-refractivity contribution in [2.45, 2.75) is 13.8 Å². The van der Waals surface area contributed by atoms with Crippen LogP contribution in [0.5, 0.6) is 0 Å². The van der Waals surface area contributed by atoms with E-state index in [4.69, 9.17) is 10.2 Å². The summed E-state index contributed by atoms with van der Waals surface area (Å²) in [5, 5.41) is 0. The van der Waals surface area contributed by atoms with Gasteiger partial charge in [-0.05, 0) is 26.0 Å². The highest BCUT2D eigenvalue weighted by molar-refractivity contribution is 5.77. The molecule has 0 unspecified atom stereocenters. The fourth-order valence-corrected chi connectivity index (χ4v) is 1.72. The number of nitrogens with zero attached hydrogens (tertiary/aromatic N) is 3. The number of nitrogen functional groups attached to an aromatic ring is 1. The van der Waals surface area contributed by atoms with Crippen LogP contribution in [0.25, 0.3) is 17.1 Å². The lowest BCUT2D eigenvalue weighted by Crippen LogP contribution is -1.94. The van der Waals surface area contributed by atoms with Crippen molar-refractivity contribution in [1.82, 2.24) is 14.5 Å². The monoisotopic (exact) mass is 228 g/mol. The zero-order valence-electron chi connectivity index (χ0n) is 9.64. The van der Waals surface area contributed by atoms with Gasteiger partial charge in [0.1, 0.15) is 11.8 Å². The van der Waals surface area contributed by atoms with Crippen molar-refractivity contribution in [3.8, 4) is 6.01 Å². The van der Waals surface area contributed by atoms with Crippen LogP contribution < -0.4 is 5.73 Å². The first-order valence-corrected chi connectivity index (χ1v) is 5.32. The summed E-state index contributed by atoms with van der Waals surface area (Å²) in [7, 11) is 0. The van der Waals surface area contributed by atoms with Crippen molar-refractivity contribution in [2.75, 3.05) is 5.73 Å². The van der Waals surface area contributed by atoms with Gasteiger partial charge in [0.25, 0.3) is 0 Å². The molecule has 5 nitrogen and oxygen atoms in total. The molecule has 0 fully saturated rings. The second-order valence-corrected chi connectivity index (χ2v) is 4.01. The summed E-state index contributed by atoms with van der Waals surface area (Å²) in [5.74, 6) is 0. The van der Waals surface area contributed by atoms with Crippen molar-refractivity contribution in [3.63, 3.8) is 0 Å². The second-order valence-electron chi connectivity index (χ2n) is 4.01. The van der Waals surface area contributed by atoms with Crippen LogP contribution in [0.3, 0.4) is 0 Å². The van der Waals surface area contributed by atoms with E-state index in [-0.39, 0.29) is 0 Å². The van der Waals surface area contributed by atoms with Gasteiger partial charge in [-0.3, -0.25) is 4.57 Å². The van der Waals surface area contributed by atoms with E-state index < -0.39 is 0 Å². The molecule has 0 bridgehead atoms. The molecule has 0 saturated carbocycles. The summed E-state index contributed by atoms with van der Waals surface area (Å²) in [5.41, 5.74) is 9.82. The second kappa shape index (κ2) is 3.35. The Bertz CT molecular complexity index is 696. The van der Waals surface area contributed by atoms with E-state index in [1.54, 1.807) is 18.5 Å². The molecule has 86 valence electrons. The molecule has 0 aliphatic carbocycles. The van der Waals surface area contributed by atoms with Crippen molar-refractivity contribution >= 4 is 16.8 Å². The number of aromatic nitrogens is 3. The van der Waals surface area contributed by atoms with Crippen LogP contribution in [-0.2, 0) is 0 Å². The first-order chi connectivity index (χ1) is 8.15. The highest BCUT2D eigenvalue weighted by Gasteiger charge is 2.11. The number of fused-ring (bicyclic) bond motifs is 1. The highest BCUT2D eigenvalue weighted by Crippen LogP contribution is 2.21. The average Bonchev–Trinajstić information content (AvgIpc) is 2.83. The molecule has 0 radical (unpaired) electrons. The van der Waals surface area contributed by atoms with E-state index in [2.05, 4.69) is 9.97 Å². The summed E-state index contributed by atoms with van der Waals surface area (Å²) in [6.07, 6.45) is 1.71. The van der Waals surface area contributed by atoms with Gasteiger partial charge >= 0.3 is 6.01 Å². The summed E-state index contributed by atoms with van der Waals surface area (Å²) in [6, 6.07) is 5.94. The summed E-state index contributed by atoms with van der Waals surface area (Å²) in [6.45, 7) is 3.93. The number of hydrogen-bond acceptors (Lipinski definition) is 4. The normalized spacial score (nSPS) is 11.2. The predicted molar refractivity (Wildman–Crippen MR) is 65.0 cm³/mol. The summed E-state index contributed by atoms with van der Waals surface area (Å²) in [4.78, 5) is 8.62. The maximum Gasteiger partial charge on any atom is 0.308 e. The Morgan fingerprint density at radius 3 is 2.82 bits per heavy atom. The molecule has 0 aliphatic rings. The Morgan fingerprint density at radius 2 is 2.12 bits per heavy atom. The number of benzene rings is 1. The van der Waals surface area contributed by atoms with E-state index in [9.17, 15) is 0 Å². The van der Waals surface area contributed by atoms with Crippen LogP contribution in [-0.4, -0.2) is 14.5 Å². The Morgan fingerprint density at radius 1 is 1.29 bits per heavy atom. The molecule has 0 aliphatic heterocycles. The van der Waals surface area contributed by atoms with Gasteiger partial charge in [0.05, 0.1) is 5.69 Å². The van der Waals surface area contributed by atoms with Crippen molar-refractivity contribution in [1.29, 1.82) is 0 Å². The topological polar surface area (TPSA) is 69.9 Å². The fourth-order valence-electron chi connectivity index (χ4n) is 1.72. The Labute approximate surface area is 97.9 Å². The predicted octanol–water partition coefficient (Wildman–Crippen LogP) is 2.21. The lowest BCUT2D eigenvalue weighted by molar-refractivity contribution is 0.560. The zero-order valence-corrected chi connectivity index (χ0v) is 9.64. The molecule has 17 heavy (non-hydrogen) atoms. The van der Waals surface area contributed by atoms with Crippen LogP contribution in [0.1, 0.15) is 11.4 Å². The summed E-state index contributed by atoms with van der Waals surface area (Å²) < 4.78 is 7.49. The Kier molecular flexibility index (Phi) is 1.95. The largest absolute Gasteiger partial charge is 0.423 e. The van der Waals surface area contributed by atoms with Crippen molar-refractivity contribution < 1.29 is 4.42 Å². The van der Waals surface area contributed by atoms with E-state index in [1.165, 1.54) is 0 Å². The molecule has 3 rings (SSSR count). The number of nitrogens with two attached hydrogens (primary N) is 1. The molecule has 0 spiro atoms. The minimum Gasteiger partial charge on any atom is -0.423 e. The van der Waals surface area contributed by atoms with Crippen molar-refractivity contribution in [2.24, 2.45) is 0 Å². The van der Waals surface area contributed by atoms with E-state index in [1.807, 2.05) is 24.5 Å². The van der Waals surface area contributed by atoms with E-state index in [0.29, 0.717) is 17.3 Å². The molecule has 5 heteroatoms. The van der Waals surface area contributed by atoms with Crippen LogP contribution in [0.4, 0.5) is 5.69 Å². The molecule has 0 saturated heterocycles. The zero-order chi connectivity index (χ0) is 12.0. The Balaban J connectivity index is 2.21. The Hall–Kier alpha value is -2.30. The lowest BCUT2D eigenvalue weighted by Gasteiger charge is -1.97. The molecular formula is C12H12N4O. The first-order valence-electron chi connectivity index (χ1n) is 5.32. The molecule has 2 N–H and O–H groups in total. The van der Waals surface area contributed by atoms with Gasteiger partial charge in [-0.25, -0.2) is 4.98 Å². The lowest BCUT2D eigenvalue weighted by atomic mass is 10.3. The minimum atomic E-state index is 0.517. The number of rotatable bonds is 1. The molecule has 0 atom stereocenters. The summed E-state index contributed by atoms with van der Waals surface area (Å²) >= 11 is 0. The number of imidazole rings is 1. The third-order valence-corrected chi connectivity index (χ3v) is 2.86. The smallest absolute Gasteiger partial charge is 0.308 e. The quantitative estimate of drug-likeness (QED) is 0.648. The van der Waals surface area contributed by atoms with Gasteiger partial charge < -0.3 is 10.2 Å². The van der Waals surface area contributed by atoms with Gasteiger partial charge in [-0.2, -0.15) is 4.98 Å². The van der Waals surface area contributed by atoms with Gasteiger partial charge in [-0.1, -0.05) is 0 Å². The maximum atomic E-state index is 5.70. The number of hydrogen-bond donors (Lipinski definition) is 1. The molecular weight excluding hydrogens is 216 g/mol. The van der Waals surface area contributed by atoms with E-state index in [0.717, 1.165) is 16.9 Å². The standard InChI is InChI=1S/C12H12N4O/c1-7-8(2)16(6-14-7)12-15-10-4-3-9(13)5-11(10)17-12/h3-6H,13H2,1-2H3. The van der Waals surface area contributed by atoms with Gasteiger partial charge in [0.2, 0.25) is 0 Å². The number of anilines is 1. The molecule has 0 amide bonds. The molecule has 1 aromatic carbocycles. The maximum absolute atomic E-state index is 5.70. The SMILES string of the molecule is Cc1ncn(-c2nc3ccc(N)cc3o2)c1C. The van der Waals surface area contributed by atoms with E-state index >= 15 is 0 Å². The third kappa shape index (κ3) is 1.47. The van der Waals surface area contributed by atoms with Gasteiger partial charge in [0, 0.05) is 17.4 Å². The first kappa shape index (κ1) is 9.89. The number of aryl methyl sites for hydroxylation is 1. The molecule has 2 heterocycles.